The van der Waals surface area contributed by atoms with Gasteiger partial charge in [-0.1, -0.05) is 72.3 Å². The molecule has 0 fully saturated rings. The van der Waals surface area contributed by atoms with E-state index in [4.69, 9.17) is 21.1 Å². The molecule has 0 aliphatic heterocycles. The first-order chi connectivity index (χ1) is 16.5. The summed E-state index contributed by atoms with van der Waals surface area (Å²) in [5, 5.41) is 4.44. The molecule has 6 heteroatoms. The van der Waals surface area contributed by atoms with Crippen molar-refractivity contribution in [2.24, 2.45) is 7.05 Å². The molecule has 1 heterocycles. The Bertz CT molecular complexity index is 1310. The number of rotatable bonds is 9. The Balaban J connectivity index is 1.50. The molecule has 3 aromatic carbocycles. The molecule has 0 radical (unpaired) electrons. The summed E-state index contributed by atoms with van der Waals surface area (Å²) in [6.45, 7) is 0.330. The molecular weight excluding hydrogens is 448 g/mol. The fourth-order valence-electron chi connectivity index (χ4n) is 3.65. The first-order valence-electron chi connectivity index (χ1n) is 10.9. The highest BCUT2D eigenvalue weighted by Crippen LogP contribution is 2.26. The van der Waals surface area contributed by atoms with Gasteiger partial charge in [0.1, 0.15) is 18.1 Å². The maximum Gasteiger partial charge on any atom is 0.207 e. The van der Waals surface area contributed by atoms with Gasteiger partial charge >= 0.3 is 0 Å². The summed E-state index contributed by atoms with van der Waals surface area (Å²) in [6.07, 6.45) is 5.59. The molecule has 1 aromatic heterocycles. The fourth-order valence-corrected chi connectivity index (χ4v) is 3.93. The summed E-state index contributed by atoms with van der Waals surface area (Å²) in [6, 6.07) is 24.0. The minimum atomic E-state index is -0.256. The zero-order valence-corrected chi connectivity index (χ0v) is 19.8. The largest absolute Gasteiger partial charge is 0.496 e. The predicted molar refractivity (Wildman–Crippen MR) is 135 cm³/mol. The molecule has 0 aliphatic rings. The van der Waals surface area contributed by atoms with Crippen LogP contribution < -0.4 is 9.47 Å². The number of aryl methyl sites for hydroxylation is 1. The second-order valence-electron chi connectivity index (χ2n) is 7.83. The van der Waals surface area contributed by atoms with Crippen LogP contribution in [0, 0.1) is 0 Å². The summed E-state index contributed by atoms with van der Waals surface area (Å²) >= 11 is 6.08. The summed E-state index contributed by atoms with van der Waals surface area (Å²) in [5.74, 6) is 1.29. The summed E-state index contributed by atoms with van der Waals surface area (Å²) in [5.41, 5.74) is 4.29. The van der Waals surface area contributed by atoms with Crippen LogP contribution in [-0.4, -0.2) is 22.7 Å². The number of hydrogen-bond acceptors (Lipinski definition) is 4. The van der Waals surface area contributed by atoms with Gasteiger partial charge in [-0.2, -0.15) is 5.10 Å². The number of carbonyl (C=O) groups excluding carboxylic acids is 1. The lowest BCUT2D eigenvalue weighted by Crippen LogP contribution is -2.02. The van der Waals surface area contributed by atoms with Gasteiger partial charge in [-0.25, -0.2) is 0 Å². The van der Waals surface area contributed by atoms with Gasteiger partial charge in [0, 0.05) is 25.2 Å². The molecule has 4 aromatic rings. The number of para-hydroxylation sites is 1. The van der Waals surface area contributed by atoms with E-state index in [2.05, 4.69) is 23.3 Å². The van der Waals surface area contributed by atoms with Crippen molar-refractivity contribution in [1.29, 1.82) is 0 Å². The molecule has 172 valence electrons. The van der Waals surface area contributed by atoms with Crippen molar-refractivity contribution in [2.45, 2.75) is 13.0 Å². The number of ketones is 1. The van der Waals surface area contributed by atoms with E-state index >= 15 is 0 Å². The summed E-state index contributed by atoms with van der Waals surface area (Å²) < 4.78 is 13.2. The van der Waals surface area contributed by atoms with Gasteiger partial charge in [0.15, 0.2) is 5.69 Å². The van der Waals surface area contributed by atoms with Crippen LogP contribution in [0.15, 0.2) is 85.1 Å². The molecule has 0 bridgehead atoms. The van der Waals surface area contributed by atoms with Crippen LogP contribution in [0.2, 0.25) is 5.02 Å². The van der Waals surface area contributed by atoms with E-state index in [9.17, 15) is 4.79 Å². The van der Waals surface area contributed by atoms with Gasteiger partial charge in [-0.05, 0) is 41.0 Å². The van der Waals surface area contributed by atoms with Crippen molar-refractivity contribution in [2.75, 3.05) is 7.11 Å². The van der Waals surface area contributed by atoms with E-state index < -0.39 is 0 Å². The summed E-state index contributed by atoms with van der Waals surface area (Å²) in [4.78, 5) is 12.5. The van der Waals surface area contributed by atoms with Crippen molar-refractivity contribution in [1.82, 2.24) is 9.78 Å². The number of nitrogens with zero attached hydrogens (tertiary/aromatic N) is 2. The highest BCUT2D eigenvalue weighted by Gasteiger charge is 2.12. The monoisotopic (exact) mass is 472 g/mol. The third-order valence-electron chi connectivity index (χ3n) is 5.34. The number of aromatic nitrogens is 2. The number of ether oxygens (including phenoxy) is 2. The number of hydrogen-bond donors (Lipinski definition) is 0. The molecule has 34 heavy (non-hydrogen) atoms. The number of allylic oxidation sites excluding steroid dienone is 1. The lowest BCUT2D eigenvalue weighted by Gasteiger charge is -2.14. The maximum atomic E-state index is 12.5. The first kappa shape index (κ1) is 23.3. The van der Waals surface area contributed by atoms with Crippen LogP contribution in [0.4, 0.5) is 0 Å². The molecule has 5 nitrogen and oxygen atoms in total. The van der Waals surface area contributed by atoms with Crippen LogP contribution in [0.1, 0.15) is 32.7 Å². The molecule has 0 unspecified atom stereocenters. The molecule has 0 amide bonds. The topological polar surface area (TPSA) is 53.3 Å². The van der Waals surface area contributed by atoms with E-state index in [1.54, 1.807) is 26.4 Å². The van der Waals surface area contributed by atoms with E-state index in [0.29, 0.717) is 11.6 Å². The Morgan fingerprint density at radius 2 is 1.76 bits per heavy atom. The predicted octanol–water partition coefficient (Wildman–Crippen LogP) is 6.15. The Labute approximate surface area is 204 Å². The Morgan fingerprint density at radius 3 is 2.50 bits per heavy atom. The molecular formula is C28H25ClN2O3. The molecule has 0 N–H and O–H groups in total. The highest BCUT2D eigenvalue weighted by molar-refractivity contribution is 6.34. The third kappa shape index (κ3) is 5.74. The van der Waals surface area contributed by atoms with Crippen molar-refractivity contribution in [3.05, 3.63) is 118 Å². The zero-order valence-electron chi connectivity index (χ0n) is 19.1. The van der Waals surface area contributed by atoms with Gasteiger partial charge in [0.25, 0.3) is 0 Å². The molecule has 0 atom stereocenters. The molecule has 0 saturated heterocycles. The first-order valence-corrected chi connectivity index (χ1v) is 11.2. The van der Waals surface area contributed by atoms with Gasteiger partial charge in [0.2, 0.25) is 5.78 Å². The van der Waals surface area contributed by atoms with E-state index in [1.165, 1.54) is 16.3 Å². The van der Waals surface area contributed by atoms with Crippen LogP contribution in [0.25, 0.3) is 6.08 Å². The quantitative estimate of drug-likeness (QED) is 0.216. The zero-order chi connectivity index (χ0) is 23.9. The average Bonchev–Trinajstić information content (AvgIpc) is 3.20. The Kier molecular flexibility index (Phi) is 7.45. The van der Waals surface area contributed by atoms with E-state index in [1.807, 2.05) is 54.6 Å². The van der Waals surface area contributed by atoms with Gasteiger partial charge < -0.3 is 9.47 Å². The van der Waals surface area contributed by atoms with Crippen LogP contribution >= 0.6 is 11.6 Å². The Morgan fingerprint density at radius 1 is 1.00 bits per heavy atom. The number of methoxy groups -OCH3 is 1. The smallest absolute Gasteiger partial charge is 0.207 e. The lowest BCUT2D eigenvalue weighted by molar-refractivity contribution is 0.104. The number of benzene rings is 3. The molecule has 4 rings (SSSR count). The van der Waals surface area contributed by atoms with Crippen molar-refractivity contribution in [3.63, 3.8) is 0 Å². The van der Waals surface area contributed by atoms with E-state index in [0.717, 1.165) is 34.6 Å². The van der Waals surface area contributed by atoms with E-state index in [-0.39, 0.29) is 11.5 Å². The normalized spacial score (nSPS) is 11.0. The van der Waals surface area contributed by atoms with Crippen molar-refractivity contribution >= 4 is 23.5 Å². The van der Waals surface area contributed by atoms with Crippen LogP contribution in [0.5, 0.6) is 11.5 Å². The minimum Gasteiger partial charge on any atom is -0.496 e. The number of carbonyl (C=O) groups is 1. The maximum absolute atomic E-state index is 12.5. The molecule has 0 saturated carbocycles. The Hall–Kier alpha value is -3.83. The van der Waals surface area contributed by atoms with Crippen molar-refractivity contribution < 1.29 is 14.3 Å². The van der Waals surface area contributed by atoms with Crippen LogP contribution in [-0.2, 0) is 20.1 Å². The minimum absolute atomic E-state index is 0.229. The van der Waals surface area contributed by atoms with Gasteiger partial charge in [-0.3, -0.25) is 9.48 Å². The van der Waals surface area contributed by atoms with Crippen LogP contribution in [0.3, 0.4) is 0 Å². The average molecular weight is 473 g/mol. The van der Waals surface area contributed by atoms with Gasteiger partial charge in [0.05, 0.1) is 12.1 Å². The lowest BCUT2D eigenvalue weighted by atomic mass is 10.0. The number of halogens is 1. The van der Waals surface area contributed by atoms with Crippen molar-refractivity contribution in [3.8, 4) is 11.5 Å². The molecule has 0 spiro atoms. The third-order valence-corrected chi connectivity index (χ3v) is 5.62. The summed E-state index contributed by atoms with van der Waals surface area (Å²) in [7, 11) is 3.35. The highest BCUT2D eigenvalue weighted by atomic mass is 35.5. The SMILES string of the molecule is COc1ccc(/C=C/C(=O)c2nn(C)cc2Cl)cc1COc1ccccc1Cc1ccccc1. The second kappa shape index (κ2) is 10.9. The molecule has 0 aliphatic carbocycles. The van der Waals surface area contributed by atoms with Gasteiger partial charge in [-0.15, -0.1) is 0 Å². The second-order valence-corrected chi connectivity index (χ2v) is 8.23. The standard InChI is InChI=1S/C28H25ClN2O3/c1-31-18-24(29)28(30-31)25(32)14-12-21-13-15-26(33-2)23(17-21)19-34-27-11-7-6-10-22(27)16-20-8-4-3-5-9-20/h3-15,17-18H,16,19H2,1-2H3/b14-12+. The fraction of sp³-hybridized carbons (Fsp3) is 0.143.